The first kappa shape index (κ1) is 28.3. The number of hydrogen-bond donors (Lipinski definition) is 1. The lowest BCUT2D eigenvalue weighted by Crippen LogP contribution is -2.47. The molecule has 0 amide bonds. The molecule has 0 spiro atoms. The summed E-state index contributed by atoms with van der Waals surface area (Å²) in [7, 11) is -0.284. The van der Waals surface area contributed by atoms with E-state index in [0.29, 0.717) is 24.8 Å². The minimum atomic E-state index is -4.44. The van der Waals surface area contributed by atoms with Crippen molar-refractivity contribution in [3.05, 3.63) is 82.6 Å². The van der Waals surface area contributed by atoms with Crippen LogP contribution in [0.5, 0.6) is 0 Å². The number of likely N-dealkylation sites (N-methyl/N-ethyl adjacent to an activating group) is 1. The molecular weight excluding hydrogens is 544 g/mol. The third-order valence-electron chi connectivity index (χ3n) is 6.84. The van der Waals surface area contributed by atoms with Crippen molar-refractivity contribution in [1.29, 1.82) is 0 Å². The quantitative estimate of drug-likeness (QED) is 0.354. The van der Waals surface area contributed by atoms with Crippen LogP contribution < -0.4 is 5.32 Å². The Morgan fingerprint density at radius 1 is 1.13 bits per heavy atom. The number of nitrogens with zero attached hydrogens (tertiary/aromatic N) is 3. The number of aromatic nitrogens is 2. The van der Waals surface area contributed by atoms with Gasteiger partial charge >= 0.3 is 6.18 Å². The van der Waals surface area contributed by atoms with Crippen molar-refractivity contribution in [1.82, 2.24) is 14.9 Å². The lowest BCUT2D eigenvalue weighted by Gasteiger charge is -2.41. The topological polar surface area (TPSA) is 75.2 Å². The van der Waals surface area contributed by atoms with Gasteiger partial charge in [0.05, 0.1) is 27.7 Å². The van der Waals surface area contributed by atoms with Gasteiger partial charge < -0.3 is 10.2 Å². The Bertz CT molecular complexity index is 1390. The highest BCUT2D eigenvalue weighted by atomic mass is 35.5. The molecule has 0 saturated heterocycles. The molecule has 0 radical (unpaired) electrons. The molecule has 0 aliphatic heterocycles. The Kier molecular flexibility index (Phi) is 8.29. The molecule has 1 N–H and O–H groups in total. The van der Waals surface area contributed by atoms with Crippen LogP contribution in [-0.2, 0) is 21.8 Å². The first-order valence-corrected chi connectivity index (χ1v) is 13.9. The van der Waals surface area contributed by atoms with Gasteiger partial charge in [0.2, 0.25) is 0 Å². The fraction of sp³-hybridized carbons (Fsp3) is 0.385. The number of halogens is 5. The van der Waals surface area contributed by atoms with Crippen LogP contribution in [0.25, 0.3) is 0 Å². The molecule has 1 fully saturated rings. The van der Waals surface area contributed by atoms with E-state index in [1.54, 1.807) is 6.07 Å². The van der Waals surface area contributed by atoms with Gasteiger partial charge in [-0.05, 0) is 69.1 Å². The highest BCUT2D eigenvalue weighted by Gasteiger charge is 2.35. The third kappa shape index (κ3) is 6.44. The number of nitrogens with one attached hydrogen (secondary N) is 1. The van der Waals surface area contributed by atoms with Crippen LogP contribution in [0, 0.1) is 5.82 Å². The van der Waals surface area contributed by atoms with Crippen LogP contribution in [0.4, 0.5) is 23.2 Å². The zero-order valence-corrected chi connectivity index (χ0v) is 22.3. The Balaban J connectivity index is 1.58. The van der Waals surface area contributed by atoms with Gasteiger partial charge in [-0.15, -0.1) is 0 Å². The molecular formula is C26H27ClF4N4O2S. The van der Waals surface area contributed by atoms with E-state index < -0.39 is 38.0 Å². The maximum atomic E-state index is 15.1. The lowest BCUT2D eigenvalue weighted by atomic mass is 9.78. The molecule has 2 aromatic carbocycles. The van der Waals surface area contributed by atoms with Crippen molar-refractivity contribution in [3.63, 3.8) is 0 Å². The third-order valence-corrected chi connectivity index (χ3v) is 8.81. The monoisotopic (exact) mass is 570 g/mol. The van der Waals surface area contributed by atoms with Crippen LogP contribution in [0.15, 0.2) is 59.9 Å². The van der Waals surface area contributed by atoms with Crippen molar-refractivity contribution < 1.29 is 26.0 Å². The minimum Gasteiger partial charge on any atom is -0.379 e. The van der Waals surface area contributed by atoms with Gasteiger partial charge in [0.1, 0.15) is 17.0 Å². The predicted octanol–water partition coefficient (Wildman–Crippen LogP) is 5.94. The fourth-order valence-corrected chi connectivity index (χ4v) is 6.60. The Morgan fingerprint density at radius 3 is 2.55 bits per heavy atom. The largest absolute Gasteiger partial charge is 0.416 e. The normalized spacial score (nSPS) is 20.5. The molecule has 4 rings (SSSR count). The molecule has 204 valence electrons. The summed E-state index contributed by atoms with van der Waals surface area (Å²) in [6.45, 7) is 0. The van der Waals surface area contributed by atoms with Crippen LogP contribution in [0.2, 0.25) is 5.02 Å². The molecule has 3 aromatic rings. The van der Waals surface area contributed by atoms with Crippen LogP contribution in [0.1, 0.15) is 42.0 Å². The highest BCUT2D eigenvalue weighted by molar-refractivity contribution is 7.90. The summed E-state index contributed by atoms with van der Waals surface area (Å²) >= 11 is 6.42. The summed E-state index contributed by atoms with van der Waals surface area (Å²) in [5.74, 6) is -1.63. The van der Waals surface area contributed by atoms with Crippen molar-refractivity contribution in [2.24, 2.45) is 0 Å². The van der Waals surface area contributed by atoms with Crippen LogP contribution >= 0.6 is 11.6 Å². The SMILES string of the molecule is CN(C)[C@H]1CC[C@H](c2cccc(C(F)(F)F)c2)C[C@@H]1Nc1cc(F)c(S(=O)(=O)Cc2ccncn2)cc1Cl. The summed E-state index contributed by atoms with van der Waals surface area (Å²) in [6.07, 6.45) is 0.0259. The zero-order chi connectivity index (χ0) is 27.7. The molecule has 1 aliphatic rings. The standard InChI is InChI=1S/C26H27ClF4N4O2S/c1-35(2)24-7-6-17(16-4-3-5-18(10-16)26(29,30)31)11-23(24)34-22-13-21(28)25(12-20(22)27)38(36,37)14-19-8-9-32-15-33-19/h3-5,8-10,12-13,15,17,23-24,34H,6-7,11,14H2,1-2H3/t17-,23-,24-/m0/s1. The first-order valence-electron chi connectivity index (χ1n) is 11.9. The summed E-state index contributed by atoms with van der Waals surface area (Å²) in [5, 5.41) is 3.26. The summed E-state index contributed by atoms with van der Waals surface area (Å²) < 4.78 is 80.6. The molecule has 1 heterocycles. The van der Waals surface area contributed by atoms with E-state index in [2.05, 4.69) is 15.3 Å². The van der Waals surface area contributed by atoms with E-state index in [4.69, 9.17) is 11.6 Å². The van der Waals surface area contributed by atoms with E-state index in [1.807, 2.05) is 19.0 Å². The molecule has 1 aliphatic carbocycles. The first-order chi connectivity index (χ1) is 17.8. The molecule has 6 nitrogen and oxygen atoms in total. The van der Waals surface area contributed by atoms with E-state index in [9.17, 15) is 21.6 Å². The number of alkyl halides is 3. The summed E-state index contributed by atoms with van der Waals surface area (Å²) in [6, 6.07) is 8.61. The number of benzene rings is 2. The van der Waals surface area contributed by atoms with Crippen molar-refractivity contribution in [3.8, 4) is 0 Å². The molecule has 12 heteroatoms. The molecule has 0 bridgehead atoms. The fourth-order valence-electron chi connectivity index (χ4n) is 4.95. The number of sulfone groups is 1. The average molecular weight is 571 g/mol. The zero-order valence-electron chi connectivity index (χ0n) is 20.7. The Hall–Kier alpha value is -2.76. The lowest BCUT2D eigenvalue weighted by molar-refractivity contribution is -0.137. The molecule has 1 saturated carbocycles. The smallest absolute Gasteiger partial charge is 0.379 e. The van der Waals surface area contributed by atoms with Crippen LogP contribution in [0.3, 0.4) is 0 Å². The number of anilines is 1. The second kappa shape index (κ2) is 11.2. The molecule has 3 atom stereocenters. The second-order valence-corrected chi connectivity index (χ2v) is 12.0. The Labute approximate surface area is 224 Å². The summed E-state index contributed by atoms with van der Waals surface area (Å²) in [5.41, 5.74) is 0.325. The highest BCUT2D eigenvalue weighted by Crippen LogP contribution is 2.39. The van der Waals surface area contributed by atoms with Gasteiger partial charge in [-0.25, -0.2) is 22.8 Å². The molecule has 38 heavy (non-hydrogen) atoms. The molecule has 1 aromatic heterocycles. The van der Waals surface area contributed by atoms with Gasteiger partial charge in [-0.1, -0.05) is 29.8 Å². The van der Waals surface area contributed by atoms with Crippen molar-refractivity contribution in [2.45, 2.75) is 54.1 Å². The van der Waals surface area contributed by atoms with Gasteiger partial charge in [0, 0.05) is 18.3 Å². The number of hydrogen-bond acceptors (Lipinski definition) is 6. The van der Waals surface area contributed by atoms with Gasteiger partial charge in [0.25, 0.3) is 0 Å². The Morgan fingerprint density at radius 2 is 1.89 bits per heavy atom. The van der Waals surface area contributed by atoms with Crippen molar-refractivity contribution in [2.75, 3.05) is 19.4 Å². The van der Waals surface area contributed by atoms with Crippen LogP contribution in [-0.4, -0.2) is 49.5 Å². The maximum Gasteiger partial charge on any atom is 0.416 e. The average Bonchev–Trinajstić information content (AvgIpc) is 2.85. The second-order valence-electron chi connectivity index (χ2n) is 9.64. The predicted molar refractivity (Wildman–Crippen MR) is 137 cm³/mol. The summed E-state index contributed by atoms with van der Waals surface area (Å²) in [4.78, 5) is 9.09. The van der Waals surface area contributed by atoms with Gasteiger partial charge in [0.15, 0.2) is 9.84 Å². The van der Waals surface area contributed by atoms with E-state index in [0.717, 1.165) is 18.2 Å². The van der Waals surface area contributed by atoms with E-state index in [-0.39, 0.29) is 34.4 Å². The van der Waals surface area contributed by atoms with E-state index in [1.165, 1.54) is 30.7 Å². The van der Waals surface area contributed by atoms with Gasteiger partial charge in [-0.3, -0.25) is 0 Å². The minimum absolute atomic E-state index is 0.00245. The van der Waals surface area contributed by atoms with Crippen molar-refractivity contribution >= 4 is 27.1 Å². The number of rotatable bonds is 7. The van der Waals surface area contributed by atoms with Gasteiger partial charge in [-0.2, -0.15) is 13.2 Å². The van der Waals surface area contributed by atoms with E-state index >= 15 is 4.39 Å². The molecule has 0 unspecified atom stereocenters. The maximum absolute atomic E-state index is 15.1.